The summed E-state index contributed by atoms with van der Waals surface area (Å²) in [4.78, 5) is 5.90. The predicted octanol–water partition coefficient (Wildman–Crippen LogP) is 0.112. The molecule has 1 aliphatic heterocycles. The van der Waals surface area contributed by atoms with Crippen LogP contribution in [-0.2, 0) is 22.7 Å². The van der Waals surface area contributed by atoms with Crippen molar-refractivity contribution in [3.05, 3.63) is 18.2 Å². The van der Waals surface area contributed by atoms with Crippen LogP contribution in [0.15, 0.2) is 12.5 Å². The molecule has 0 amide bonds. The highest BCUT2D eigenvalue weighted by Crippen LogP contribution is 2.08. The number of hydrogen-bond acceptors (Lipinski definition) is 4. The van der Waals surface area contributed by atoms with E-state index in [1.807, 2.05) is 0 Å². The molecule has 2 heterocycles. The molecule has 1 unspecified atom stereocenters. The van der Waals surface area contributed by atoms with E-state index in [0.717, 1.165) is 17.1 Å². The Kier molecular flexibility index (Phi) is 3.45. The first-order valence-corrected chi connectivity index (χ1v) is 5.68. The second-order valence-electron chi connectivity index (χ2n) is 3.31. The Bertz CT molecular complexity index is 351. The Hall–Kier alpha value is -0.790. The van der Waals surface area contributed by atoms with Gasteiger partial charge in [0, 0.05) is 19.6 Å². The molecule has 0 aromatic carbocycles. The lowest BCUT2D eigenvalue weighted by Gasteiger charge is -2.26. The SMILES string of the molecule is O=S(F)n1cncc1CN1CCOCC1. The molecule has 1 aromatic heterocycles. The van der Waals surface area contributed by atoms with Crippen molar-refractivity contribution in [3.8, 4) is 0 Å². The molecule has 0 N–H and O–H groups in total. The Morgan fingerprint density at radius 2 is 2.27 bits per heavy atom. The summed E-state index contributed by atoms with van der Waals surface area (Å²) in [5.74, 6) is 0. The minimum atomic E-state index is -2.52. The first-order valence-electron chi connectivity index (χ1n) is 4.67. The summed E-state index contributed by atoms with van der Waals surface area (Å²) in [5, 5.41) is 0. The highest BCUT2D eigenvalue weighted by Gasteiger charge is 2.14. The lowest BCUT2D eigenvalue weighted by molar-refractivity contribution is 0.0335. The molecule has 0 saturated carbocycles. The van der Waals surface area contributed by atoms with Crippen LogP contribution in [0.2, 0.25) is 0 Å². The fourth-order valence-corrected chi connectivity index (χ4v) is 1.96. The van der Waals surface area contributed by atoms with Gasteiger partial charge >= 0.3 is 11.4 Å². The molecule has 2 rings (SSSR count). The molecule has 5 nitrogen and oxygen atoms in total. The Balaban J connectivity index is 2.03. The van der Waals surface area contributed by atoms with Gasteiger partial charge in [-0.15, -0.1) is 3.89 Å². The number of imidazole rings is 1. The van der Waals surface area contributed by atoms with Crippen molar-refractivity contribution in [1.29, 1.82) is 0 Å². The Morgan fingerprint density at radius 1 is 1.53 bits per heavy atom. The van der Waals surface area contributed by atoms with Crippen LogP contribution in [0.5, 0.6) is 0 Å². The molecule has 7 heteroatoms. The van der Waals surface area contributed by atoms with Crippen LogP contribution in [0.1, 0.15) is 5.69 Å². The van der Waals surface area contributed by atoms with Crippen LogP contribution in [0.4, 0.5) is 3.89 Å². The van der Waals surface area contributed by atoms with Crippen molar-refractivity contribution in [2.45, 2.75) is 6.54 Å². The van der Waals surface area contributed by atoms with E-state index in [1.165, 1.54) is 12.5 Å². The monoisotopic (exact) mass is 233 g/mol. The van der Waals surface area contributed by atoms with Gasteiger partial charge in [-0.3, -0.25) is 4.90 Å². The molecule has 0 spiro atoms. The van der Waals surface area contributed by atoms with E-state index in [4.69, 9.17) is 4.74 Å². The van der Waals surface area contributed by atoms with Crippen LogP contribution in [0.25, 0.3) is 0 Å². The van der Waals surface area contributed by atoms with Gasteiger partial charge in [0.15, 0.2) is 0 Å². The molecule has 1 atom stereocenters. The summed E-state index contributed by atoms with van der Waals surface area (Å²) in [5.41, 5.74) is 0.623. The van der Waals surface area contributed by atoms with Crippen molar-refractivity contribution in [1.82, 2.24) is 13.9 Å². The van der Waals surface area contributed by atoms with Gasteiger partial charge in [-0.05, 0) is 0 Å². The second-order valence-corrected chi connectivity index (χ2v) is 4.11. The summed E-state index contributed by atoms with van der Waals surface area (Å²) in [6, 6.07) is 0. The number of halogens is 1. The third-order valence-corrected chi connectivity index (χ3v) is 2.96. The molecule has 0 bridgehead atoms. The number of aromatic nitrogens is 2. The zero-order valence-corrected chi connectivity index (χ0v) is 8.95. The van der Waals surface area contributed by atoms with E-state index >= 15 is 0 Å². The van der Waals surface area contributed by atoms with Gasteiger partial charge in [-0.1, -0.05) is 0 Å². The van der Waals surface area contributed by atoms with E-state index in [-0.39, 0.29) is 0 Å². The van der Waals surface area contributed by atoms with Crippen LogP contribution in [0.3, 0.4) is 0 Å². The summed E-state index contributed by atoms with van der Waals surface area (Å²) >= 11 is -2.52. The van der Waals surface area contributed by atoms with Gasteiger partial charge < -0.3 is 4.74 Å². The molecule has 1 aromatic rings. The average molecular weight is 233 g/mol. The lowest BCUT2D eigenvalue weighted by Crippen LogP contribution is -2.36. The molecule has 0 radical (unpaired) electrons. The minimum absolute atomic E-state index is 0.555. The van der Waals surface area contributed by atoms with Crippen LogP contribution >= 0.6 is 0 Å². The third-order valence-electron chi connectivity index (χ3n) is 2.32. The maximum atomic E-state index is 12.6. The van der Waals surface area contributed by atoms with E-state index in [2.05, 4.69) is 9.88 Å². The standard InChI is InChI=1S/C8H12FN3O2S/c9-15(13)12-7-10-5-8(12)6-11-1-3-14-4-2-11/h5,7H,1-4,6H2. The zero-order valence-electron chi connectivity index (χ0n) is 8.13. The number of nitrogens with zero attached hydrogens (tertiary/aromatic N) is 3. The fourth-order valence-electron chi connectivity index (χ4n) is 1.54. The highest BCUT2D eigenvalue weighted by atomic mass is 32.2. The van der Waals surface area contributed by atoms with Gasteiger partial charge in [0.05, 0.1) is 25.1 Å². The molecule has 15 heavy (non-hydrogen) atoms. The third kappa shape index (κ3) is 2.61. The van der Waals surface area contributed by atoms with E-state index in [0.29, 0.717) is 25.5 Å². The van der Waals surface area contributed by atoms with E-state index in [1.54, 1.807) is 0 Å². The first-order chi connectivity index (χ1) is 7.27. The van der Waals surface area contributed by atoms with Crippen molar-refractivity contribution in [2.24, 2.45) is 0 Å². The normalized spacial score (nSPS) is 20.3. The number of rotatable bonds is 3. The Morgan fingerprint density at radius 3 is 2.93 bits per heavy atom. The second kappa shape index (κ2) is 4.82. The quantitative estimate of drug-likeness (QED) is 0.695. The van der Waals surface area contributed by atoms with Crippen LogP contribution in [0, 0.1) is 0 Å². The molecular formula is C8H12FN3O2S. The predicted molar refractivity (Wildman–Crippen MR) is 53.0 cm³/mol. The number of hydrogen-bond donors (Lipinski definition) is 0. The average Bonchev–Trinajstić information content (AvgIpc) is 2.67. The van der Waals surface area contributed by atoms with Crippen LogP contribution < -0.4 is 0 Å². The molecule has 0 aliphatic carbocycles. The number of ether oxygens (including phenoxy) is 1. The summed E-state index contributed by atoms with van der Waals surface area (Å²) < 4.78 is 29.6. The topological polar surface area (TPSA) is 47.4 Å². The Labute approximate surface area is 89.7 Å². The molecule has 1 aliphatic rings. The van der Waals surface area contributed by atoms with Gasteiger partial charge in [-0.25, -0.2) is 8.96 Å². The first kappa shape index (κ1) is 10.7. The molecule has 1 saturated heterocycles. The number of morpholine rings is 1. The maximum Gasteiger partial charge on any atom is 0.309 e. The van der Waals surface area contributed by atoms with Crippen LogP contribution in [-0.4, -0.2) is 44.4 Å². The van der Waals surface area contributed by atoms with Gasteiger partial charge in [0.2, 0.25) is 0 Å². The van der Waals surface area contributed by atoms with Crippen molar-refractivity contribution in [3.63, 3.8) is 0 Å². The molecular weight excluding hydrogens is 221 g/mol. The van der Waals surface area contributed by atoms with Crippen molar-refractivity contribution >= 4 is 11.4 Å². The van der Waals surface area contributed by atoms with Crippen molar-refractivity contribution in [2.75, 3.05) is 26.3 Å². The smallest absolute Gasteiger partial charge is 0.309 e. The zero-order chi connectivity index (χ0) is 10.7. The summed E-state index contributed by atoms with van der Waals surface area (Å²) in [6.45, 7) is 3.55. The van der Waals surface area contributed by atoms with Crippen molar-refractivity contribution < 1.29 is 12.8 Å². The van der Waals surface area contributed by atoms with E-state index in [9.17, 15) is 8.09 Å². The largest absolute Gasteiger partial charge is 0.379 e. The lowest BCUT2D eigenvalue weighted by atomic mass is 10.3. The van der Waals surface area contributed by atoms with E-state index < -0.39 is 11.4 Å². The maximum absolute atomic E-state index is 12.6. The summed E-state index contributed by atoms with van der Waals surface area (Å²) in [7, 11) is 0. The summed E-state index contributed by atoms with van der Waals surface area (Å²) in [6.07, 6.45) is 2.78. The highest BCUT2D eigenvalue weighted by molar-refractivity contribution is 7.78. The minimum Gasteiger partial charge on any atom is -0.379 e. The molecule has 84 valence electrons. The van der Waals surface area contributed by atoms with Gasteiger partial charge in [-0.2, -0.15) is 4.21 Å². The molecule has 1 fully saturated rings. The van der Waals surface area contributed by atoms with Gasteiger partial charge in [0.1, 0.15) is 6.33 Å². The van der Waals surface area contributed by atoms with Gasteiger partial charge in [0.25, 0.3) is 0 Å². The fraction of sp³-hybridized carbons (Fsp3) is 0.625.